The Morgan fingerprint density at radius 2 is 1.80 bits per heavy atom. The maximum absolute atomic E-state index is 12.3. The van der Waals surface area contributed by atoms with Gasteiger partial charge < -0.3 is 14.5 Å². The second-order valence-corrected chi connectivity index (χ2v) is 5.70. The van der Waals surface area contributed by atoms with Crippen molar-refractivity contribution in [3.8, 4) is 5.75 Å². The van der Waals surface area contributed by atoms with Gasteiger partial charge in [0.15, 0.2) is 0 Å². The molecule has 0 bridgehead atoms. The van der Waals surface area contributed by atoms with Crippen LogP contribution in [0.1, 0.15) is 12.5 Å². The first-order valence-electron chi connectivity index (χ1n) is 8.48. The maximum atomic E-state index is 12.3. The van der Waals surface area contributed by atoms with Gasteiger partial charge in [0.2, 0.25) is 11.9 Å². The van der Waals surface area contributed by atoms with Crippen LogP contribution < -0.4 is 9.64 Å². The van der Waals surface area contributed by atoms with E-state index in [4.69, 9.17) is 4.74 Å². The van der Waals surface area contributed by atoms with Gasteiger partial charge in [0, 0.05) is 44.6 Å². The molecule has 1 aromatic carbocycles. The molecular formula is C19H22N4O2. The van der Waals surface area contributed by atoms with Crippen molar-refractivity contribution in [1.29, 1.82) is 0 Å². The van der Waals surface area contributed by atoms with Crippen LogP contribution in [0.5, 0.6) is 5.75 Å². The highest BCUT2D eigenvalue weighted by Gasteiger charge is 2.20. The van der Waals surface area contributed by atoms with Gasteiger partial charge in [-0.3, -0.25) is 4.79 Å². The lowest BCUT2D eigenvalue weighted by Gasteiger charge is -2.34. The number of carbonyl (C=O) groups excluding carboxylic acids is 1. The SMILES string of the molecule is CCOc1ccc(C=CC(=O)N2CCN(c3ncccn3)CC2)cc1. The number of nitrogens with zero attached hydrogens (tertiary/aromatic N) is 4. The summed E-state index contributed by atoms with van der Waals surface area (Å²) in [6.07, 6.45) is 6.94. The lowest BCUT2D eigenvalue weighted by Crippen LogP contribution is -2.48. The zero-order chi connectivity index (χ0) is 17.5. The molecule has 0 spiro atoms. The van der Waals surface area contributed by atoms with Gasteiger partial charge in [-0.2, -0.15) is 0 Å². The monoisotopic (exact) mass is 338 g/mol. The number of piperazine rings is 1. The fourth-order valence-corrected chi connectivity index (χ4v) is 2.70. The first-order valence-corrected chi connectivity index (χ1v) is 8.48. The number of ether oxygens (including phenoxy) is 1. The average Bonchev–Trinajstić information content (AvgIpc) is 2.68. The van der Waals surface area contributed by atoms with E-state index >= 15 is 0 Å². The number of amides is 1. The van der Waals surface area contributed by atoms with Crippen molar-refractivity contribution in [2.45, 2.75) is 6.92 Å². The van der Waals surface area contributed by atoms with Crippen LogP contribution in [0.15, 0.2) is 48.8 Å². The fraction of sp³-hybridized carbons (Fsp3) is 0.316. The first-order chi connectivity index (χ1) is 12.3. The summed E-state index contributed by atoms with van der Waals surface area (Å²) < 4.78 is 5.41. The van der Waals surface area contributed by atoms with Gasteiger partial charge in [0.05, 0.1) is 6.61 Å². The van der Waals surface area contributed by atoms with Gasteiger partial charge in [-0.1, -0.05) is 12.1 Å². The number of anilines is 1. The summed E-state index contributed by atoms with van der Waals surface area (Å²) in [5.74, 6) is 1.59. The van der Waals surface area contributed by atoms with Crippen molar-refractivity contribution in [3.05, 3.63) is 54.4 Å². The normalized spacial score (nSPS) is 14.8. The number of rotatable bonds is 5. The van der Waals surface area contributed by atoms with Crippen LogP contribution >= 0.6 is 0 Å². The van der Waals surface area contributed by atoms with E-state index in [0.29, 0.717) is 19.7 Å². The Kier molecular flexibility index (Phi) is 5.61. The highest BCUT2D eigenvalue weighted by Crippen LogP contribution is 2.14. The molecule has 130 valence electrons. The van der Waals surface area contributed by atoms with Crippen LogP contribution in [-0.4, -0.2) is 53.6 Å². The van der Waals surface area contributed by atoms with Gasteiger partial charge in [0.1, 0.15) is 5.75 Å². The zero-order valence-corrected chi connectivity index (χ0v) is 14.3. The summed E-state index contributed by atoms with van der Waals surface area (Å²) in [7, 11) is 0. The van der Waals surface area contributed by atoms with Crippen LogP contribution in [0.4, 0.5) is 5.95 Å². The minimum absolute atomic E-state index is 0.0301. The van der Waals surface area contributed by atoms with Crippen molar-refractivity contribution in [1.82, 2.24) is 14.9 Å². The van der Waals surface area contributed by atoms with E-state index in [1.165, 1.54) is 0 Å². The summed E-state index contributed by atoms with van der Waals surface area (Å²) in [4.78, 5) is 24.8. The molecule has 6 heteroatoms. The molecule has 1 aromatic heterocycles. The van der Waals surface area contributed by atoms with Gasteiger partial charge in [-0.15, -0.1) is 0 Å². The third-order valence-electron chi connectivity index (χ3n) is 4.04. The van der Waals surface area contributed by atoms with Crippen molar-refractivity contribution >= 4 is 17.9 Å². The van der Waals surface area contributed by atoms with E-state index in [-0.39, 0.29) is 5.91 Å². The number of carbonyl (C=O) groups is 1. The molecule has 0 unspecified atom stereocenters. The van der Waals surface area contributed by atoms with Crippen LogP contribution in [0.2, 0.25) is 0 Å². The predicted molar refractivity (Wildman–Crippen MR) is 97.5 cm³/mol. The number of hydrogen-bond donors (Lipinski definition) is 0. The van der Waals surface area contributed by atoms with E-state index < -0.39 is 0 Å². The quantitative estimate of drug-likeness (QED) is 0.783. The molecule has 0 saturated carbocycles. The van der Waals surface area contributed by atoms with Crippen LogP contribution in [0, 0.1) is 0 Å². The van der Waals surface area contributed by atoms with Gasteiger partial charge >= 0.3 is 0 Å². The molecule has 2 heterocycles. The molecule has 1 saturated heterocycles. The van der Waals surface area contributed by atoms with Crippen molar-refractivity contribution in [2.75, 3.05) is 37.7 Å². The van der Waals surface area contributed by atoms with E-state index in [0.717, 1.165) is 30.4 Å². The first kappa shape index (κ1) is 17.0. The highest BCUT2D eigenvalue weighted by atomic mass is 16.5. The molecule has 0 radical (unpaired) electrons. The Hall–Kier alpha value is -2.89. The third kappa shape index (κ3) is 4.56. The van der Waals surface area contributed by atoms with E-state index in [9.17, 15) is 4.79 Å². The standard InChI is InChI=1S/C19H22N4O2/c1-2-25-17-7-4-16(5-8-17)6-9-18(24)22-12-14-23(15-13-22)19-20-10-3-11-21-19/h3-11H,2,12-15H2,1H3. The second kappa shape index (κ2) is 8.28. The van der Waals surface area contributed by atoms with Crippen molar-refractivity contribution in [3.63, 3.8) is 0 Å². The smallest absolute Gasteiger partial charge is 0.246 e. The zero-order valence-electron chi connectivity index (χ0n) is 14.3. The largest absolute Gasteiger partial charge is 0.494 e. The van der Waals surface area contributed by atoms with Crippen LogP contribution in [-0.2, 0) is 4.79 Å². The summed E-state index contributed by atoms with van der Waals surface area (Å²) in [5.41, 5.74) is 0.980. The molecule has 0 aliphatic carbocycles. The fourth-order valence-electron chi connectivity index (χ4n) is 2.70. The number of aromatic nitrogens is 2. The minimum atomic E-state index is 0.0301. The van der Waals surface area contributed by atoms with Crippen LogP contribution in [0.25, 0.3) is 6.08 Å². The maximum Gasteiger partial charge on any atom is 0.246 e. The highest BCUT2D eigenvalue weighted by molar-refractivity contribution is 5.92. The number of hydrogen-bond acceptors (Lipinski definition) is 5. The minimum Gasteiger partial charge on any atom is -0.494 e. The molecule has 1 aliphatic rings. The summed E-state index contributed by atoms with van der Waals surface area (Å²) in [5, 5.41) is 0. The molecular weight excluding hydrogens is 316 g/mol. The topological polar surface area (TPSA) is 58.6 Å². The Bertz CT molecular complexity index is 708. The van der Waals surface area contributed by atoms with E-state index in [1.54, 1.807) is 24.5 Å². The molecule has 0 N–H and O–H groups in total. The summed E-state index contributed by atoms with van der Waals surface area (Å²) in [6, 6.07) is 9.51. The van der Waals surface area contributed by atoms with Crippen molar-refractivity contribution in [2.24, 2.45) is 0 Å². The molecule has 3 rings (SSSR count). The Morgan fingerprint density at radius 1 is 1.12 bits per heavy atom. The van der Waals surface area contributed by atoms with E-state index in [2.05, 4.69) is 14.9 Å². The lowest BCUT2D eigenvalue weighted by molar-refractivity contribution is -0.126. The molecule has 1 aliphatic heterocycles. The lowest BCUT2D eigenvalue weighted by atomic mass is 10.2. The molecule has 1 amide bonds. The van der Waals surface area contributed by atoms with E-state index in [1.807, 2.05) is 42.2 Å². The van der Waals surface area contributed by atoms with Crippen LogP contribution in [0.3, 0.4) is 0 Å². The predicted octanol–water partition coefficient (Wildman–Crippen LogP) is 2.24. The summed E-state index contributed by atoms with van der Waals surface area (Å²) in [6.45, 7) is 5.43. The molecule has 25 heavy (non-hydrogen) atoms. The third-order valence-corrected chi connectivity index (χ3v) is 4.04. The Balaban J connectivity index is 1.52. The molecule has 2 aromatic rings. The average molecular weight is 338 g/mol. The van der Waals surface area contributed by atoms with Gasteiger partial charge in [0.25, 0.3) is 0 Å². The Labute approximate surface area is 147 Å². The Morgan fingerprint density at radius 3 is 2.44 bits per heavy atom. The molecule has 1 fully saturated rings. The number of benzene rings is 1. The molecule has 6 nitrogen and oxygen atoms in total. The van der Waals surface area contributed by atoms with Gasteiger partial charge in [-0.25, -0.2) is 9.97 Å². The van der Waals surface area contributed by atoms with Gasteiger partial charge in [-0.05, 0) is 36.8 Å². The second-order valence-electron chi connectivity index (χ2n) is 5.70. The molecule has 0 atom stereocenters. The summed E-state index contributed by atoms with van der Waals surface area (Å²) >= 11 is 0. The van der Waals surface area contributed by atoms with Crippen molar-refractivity contribution < 1.29 is 9.53 Å².